The third-order valence-electron chi connectivity index (χ3n) is 2.46. The Morgan fingerprint density at radius 1 is 1.53 bits per heavy atom. The second-order valence-electron chi connectivity index (χ2n) is 3.70. The van der Waals surface area contributed by atoms with E-state index in [4.69, 9.17) is 15.9 Å². The molecule has 7 heteroatoms. The van der Waals surface area contributed by atoms with Crippen molar-refractivity contribution < 1.29 is 15.0 Å². The number of carbonyl (C=O) groups excluding carboxylic acids is 1. The largest absolute Gasteiger partial charge is 0.395 e. The van der Waals surface area contributed by atoms with Gasteiger partial charge in [0.05, 0.1) is 30.6 Å². The molecule has 0 saturated heterocycles. The topological polar surface area (TPSA) is 113 Å². The minimum Gasteiger partial charge on any atom is -0.395 e. The van der Waals surface area contributed by atoms with Crippen LogP contribution < -0.4 is 11.1 Å². The van der Waals surface area contributed by atoms with E-state index in [0.29, 0.717) is 17.9 Å². The van der Waals surface area contributed by atoms with Gasteiger partial charge in [0.25, 0.3) is 5.91 Å². The zero-order valence-electron chi connectivity index (χ0n) is 9.97. The van der Waals surface area contributed by atoms with Gasteiger partial charge in [0.2, 0.25) is 0 Å². The van der Waals surface area contributed by atoms with Crippen molar-refractivity contribution in [2.75, 3.05) is 18.9 Å². The first-order valence-electron chi connectivity index (χ1n) is 5.40. The number of nitrogen functional groups attached to an aromatic ring is 1. The molecule has 1 rings (SSSR count). The lowest BCUT2D eigenvalue weighted by atomic mass is 10.2. The predicted molar refractivity (Wildman–Crippen MR) is 62.5 cm³/mol. The Morgan fingerprint density at radius 3 is 2.59 bits per heavy atom. The van der Waals surface area contributed by atoms with Crippen molar-refractivity contribution in [2.45, 2.75) is 26.4 Å². The highest BCUT2D eigenvalue weighted by Crippen LogP contribution is 2.16. The average Bonchev–Trinajstić information content (AvgIpc) is 2.62. The highest BCUT2D eigenvalue weighted by atomic mass is 16.3. The summed E-state index contributed by atoms with van der Waals surface area (Å²) in [5.41, 5.74) is 6.93. The minimum absolute atomic E-state index is 0.261. The summed E-state index contributed by atoms with van der Waals surface area (Å²) >= 11 is 0. The quantitative estimate of drug-likeness (QED) is 0.522. The fraction of sp³-hybridized carbons (Fsp3) is 0.600. The molecular weight excluding hydrogens is 224 g/mol. The summed E-state index contributed by atoms with van der Waals surface area (Å²) in [5.74, 6) is -0.446. The Morgan fingerprint density at radius 2 is 2.12 bits per heavy atom. The number of nitrogens with zero attached hydrogens (tertiary/aromatic N) is 2. The van der Waals surface area contributed by atoms with E-state index in [0.717, 1.165) is 0 Å². The molecule has 96 valence electrons. The number of hydrogen-bond donors (Lipinski definition) is 4. The first-order valence-corrected chi connectivity index (χ1v) is 5.40. The molecule has 1 aromatic rings. The van der Waals surface area contributed by atoms with Crippen LogP contribution in [0.1, 0.15) is 23.1 Å². The summed E-state index contributed by atoms with van der Waals surface area (Å²) < 4.78 is 1.49. The number of nitrogens with two attached hydrogens (primary N) is 1. The smallest absolute Gasteiger partial charge is 0.272 e. The summed E-state index contributed by atoms with van der Waals surface area (Å²) in [6.07, 6.45) is 0. The van der Waals surface area contributed by atoms with Crippen LogP contribution in [0.15, 0.2) is 0 Å². The Hall–Kier alpha value is -1.60. The SMILES string of the molecule is CCn1nc(C)c(N)c1C(=O)NC(CO)CO. The maximum absolute atomic E-state index is 11.9. The number of rotatable bonds is 5. The first kappa shape index (κ1) is 13.5. The van der Waals surface area contributed by atoms with E-state index < -0.39 is 11.9 Å². The third-order valence-corrected chi connectivity index (χ3v) is 2.46. The molecule has 17 heavy (non-hydrogen) atoms. The van der Waals surface area contributed by atoms with E-state index >= 15 is 0 Å². The molecule has 0 unspecified atom stereocenters. The fourth-order valence-electron chi connectivity index (χ4n) is 1.47. The molecule has 1 heterocycles. The van der Waals surface area contributed by atoms with Gasteiger partial charge in [0.1, 0.15) is 5.69 Å². The molecular formula is C10H18N4O3. The molecule has 0 bridgehead atoms. The van der Waals surface area contributed by atoms with Crippen molar-refractivity contribution in [3.05, 3.63) is 11.4 Å². The van der Waals surface area contributed by atoms with Gasteiger partial charge in [-0.15, -0.1) is 0 Å². The first-order chi connectivity index (χ1) is 8.04. The maximum atomic E-state index is 11.9. The van der Waals surface area contributed by atoms with Gasteiger partial charge in [-0.1, -0.05) is 0 Å². The van der Waals surface area contributed by atoms with E-state index in [-0.39, 0.29) is 18.9 Å². The normalized spacial score (nSPS) is 10.9. The Balaban J connectivity index is 2.95. The van der Waals surface area contributed by atoms with Gasteiger partial charge < -0.3 is 21.3 Å². The summed E-state index contributed by atoms with van der Waals surface area (Å²) in [5, 5.41) is 24.4. The standard InChI is InChI=1S/C10H18N4O3/c1-3-14-9(8(11)6(2)13-14)10(17)12-7(4-15)5-16/h7,15-16H,3-5,11H2,1-2H3,(H,12,17). The van der Waals surface area contributed by atoms with E-state index in [1.165, 1.54) is 4.68 Å². The van der Waals surface area contributed by atoms with Crippen LogP contribution in [0, 0.1) is 6.92 Å². The van der Waals surface area contributed by atoms with Crippen molar-refractivity contribution in [1.82, 2.24) is 15.1 Å². The molecule has 5 N–H and O–H groups in total. The number of anilines is 1. The number of hydrogen-bond acceptors (Lipinski definition) is 5. The molecule has 0 aliphatic carbocycles. The lowest BCUT2D eigenvalue weighted by molar-refractivity contribution is 0.0869. The third kappa shape index (κ3) is 2.75. The van der Waals surface area contributed by atoms with E-state index in [9.17, 15) is 4.79 Å². The number of aliphatic hydroxyl groups excluding tert-OH is 2. The molecule has 0 radical (unpaired) electrons. The minimum atomic E-state index is -0.692. The summed E-state index contributed by atoms with van der Waals surface area (Å²) in [6, 6.07) is -0.692. The number of nitrogens with one attached hydrogen (secondary N) is 1. The zero-order valence-corrected chi connectivity index (χ0v) is 9.97. The summed E-state index contributed by atoms with van der Waals surface area (Å²) in [7, 11) is 0. The van der Waals surface area contributed by atoms with Crippen LogP contribution in [0.5, 0.6) is 0 Å². The lowest BCUT2D eigenvalue weighted by Crippen LogP contribution is -2.41. The highest BCUT2D eigenvalue weighted by molar-refractivity contribution is 5.98. The molecule has 0 aliphatic heterocycles. The van der Waals surface area contributed by atoms with Gasteiger partial charge >= 0.3 is 0 Å². The second kappa shape index (κ2) is 5.65. The molecule has 1 aromatic heterocycles. The maximum Gasteiger partial charge on any atom is 0.272 e. The zero-order chi connectivity index (χ0) is 13.0. The van der Waals surface area contributed by atoms with Gasteiger partial charge in [0, 0.05) is 6.54 Å². The predicted octanol–water partition coefficient (Wildman–Crippen LogP) is -1.12. The number of aromatic nitrogens is 2. The molecule has 0 saturated carbocycles. The van der Waals surface area contributed by atoms with Crippen molar-refractivity contribution in [3.63, 3.8) is 0 Å². The second-order valence-corrected chi connectivity index (χ2v) is 3.70. The molecule has 0 atom stereocenters. The average molecular weight is 242 g/mol. The Bertz CT molecular complexity index is 399. The molecule has 7 nitrogen and oxygen atoms in total. The van der Waals surface area contributed by atoms with Crippen LogP contribution >= 0.6 is 0 Å². The van der Waals surface area contributed by atoms with Gasteiger partial charge in [-0.3, -0.25) is 9.48 Å². The monoisotopic (exact) mass is 242 g/mol. The van der Waals surface area contributed by atoms with Gasteiger partial charge in [-0.25, -0.2) is 0 Å². The van der Waals surface area contributed by atoms with Gasteiger partial charge in [0.15, 0.2) is 0 Å². The van der Waals surface area contributed by atoms with Crippen LogP contribution in [-0.4, -0.2) is 45.2 Å². The van der Waals surface area contributed by atoms with Crippen LogP contribution in [0.2, 0.25) is 0 Å². The number of aliphatic hydroxyl groups is 2. The molecule has 1 amide bonds. The summed E-state index contributed by atoms with van der Waals surface area (Å²) in [4.78, 5) is 11.9. The Kier molecular flexibility index (Phi) is 4.47. The van der Waals surface area contributed by atoms with E-state index in [1.54, 1.807) is 6.92 Å². The van der Waals surface area contributed by atoms with Gasteiger partial charge in [-0.05, 0) is 13.8 Å². The van der Waals surface area contributed by atoms with Crippen LogP contribution in [0.3, 0.4) is 0 Å². The van der Waals surface area contributed by atoms with Crippen molar-refractivity contribution in [3.8, 4) is 0 Å². The van der Waals surface area contributed by atoms with Crippen molar-refractivity contribution in [2.24, 2.45) is 0 Å². The molecule has 0 aromatic carbocycles. The number of amides is 1. The van der Waals surface area contributed by atoms with Crippen molar-refractivity contribution in [1.29, 1.82) is 0 Å². The van der Waals surface area contributed by atoms with E-state index in [2.05, 4.69) is 10.4 Å². The Labute approximate surface area is 99.2 Å². The van der Waals surface area contributed by atoms with Gasteiger partial charge in [-0.2, -0.15) is 5.10 Å². The van der Waals surface area contributed by atoms with Crippen molar-refractivity contribution >= 4 is 11.6 Å². The van der Waals surface area contributed by atoms with Crippen LogP contribution in [-0.2, 0) is 6.54 Å². The summed E-state index contributed by atoms with van der Waals surface area (Å²) in [6.45, 7) is 3.42. The van der Waals surface area contributed by atoms with E-state index in [1.807, 2.05) is 6.92 Å². The van der Waals surface area contributed by atoms with Crippen LogP contribution in [0.4, 0.5) is 5.69 Å². The molecule has 0 fully saturated rings. The number of carbonyl (C=O) groups is 1. The fourth-order valence-corrected chi connectivity index (χ4v) is 1.47. The highest BCUT2D eigenvalue weighted by Gasteiger charge is 2.21. The number of aryl methyl sites for hydroxylation is 2. The van der Waals surface area contributed by atoms with Crippen LogP contribution in [0.25, 0.3) is 0 Å². The lowest BCUT2D eigenvalue weighted by Gasteiger charge is -2.14. The molecule has 0 spiro atoms. The molecule has 0 aliphatic rings.